The second-order valence-corrected chi connectivity index (χ2v) is 7.18. The van der Waals surface area contributed by atoms with Gasteiger partial charge in [0.15, 0.2) is 5.88 Å². The van der Waals surface area contributed by atoms with E-state index in [4.69, 9.17) is 32.7 Å². The number of carboxylic acid groups (broad SMARTS) is 1. The van der Waals surface area contributed by atoms with Crippen LogP contribution < -0.4 is 29.1 Å². The summed E-state index contributed by atoms with van der Waals surface area (Å²) in [5.74, 6) is -0.256. The fourth-order valence-electron chi connectivity index (χ4n) is 3.48. The van der Waals surface area contributed by atoms with Crippen LogP contribution in [0.4, 0.5) is 5.88 Å². The van der Waals surface area contributed by atoms with E-state index >= 15 is 0 Å². The molecule has 3 N–H and O–H groups in total. The summed E-state index contributed by atoms with van der Waals surface area (Å²) in [5.41, 5.74) is 0.939. The molecule has 7 nitrogen and oxygen atoms in total. The van der Waals surface area contributed by atoms with Crippen LogP contribution in [0.3, 0.4) is 0 Å². The predicted octanol–water partition coefficient (Wildman–Crippen LogP) is -0.0978. The van der Waals surface area contributed by atoms with Gasteiger partial charge in [-0.3, -0.25) is 4.79 Å². The van der Waals surface area contributed by atoms with E-state index < -0.39 is 5.97 Å². The molecule has 1 amide bonds. The average molecular weight is 392 g/mol. The topological polar surface area (TPSA) is 98.6 Å². The Kier molecular flexibility index (Phi) is 5.10. The molecule has 3 heterocycles. The molecule has 2 aromatic rings. The molecule has 0 aromatic carbocycles. The predicted molar refractivity (Wildman–Crippen MR) is 92.8 cm³/mol. The van der Waals surface area contributed by atoms with E-state index in [1.807, 2.05) is 4.90 Å². The number of fused-ring (bicyclic) bond motifs is 1. The van der Waals surface area contributed by atoms with Crippen molar-refractivity contribution in [3.63, 3.8) is 0 Å². The number of aromatic carboxylic acids is 1. The first-order chi connectivity index (χ1) is 11.9. The van der Waals surface area contributed by atoms with Gasteiger partial charge in [0.05, 0.1) is 10.0 Å². The monoisotopic (exact) mass is 391 g/mol. The van der Waals surface area contributed by atoms with E-state index in [0.29, 0.717) is 41.5 Å². The summed E-state index contributed by atoms with van der Waals surface area (Å²) in [4.78, 5) is 28.1. The molecule has 0 bridgehead atoms. The third-order valence-electron chi connectivity index (χ3n) is 4.89. The first-order valence-corrected chi connectivity index (χ1v) is 8.55. The minimum absolute atomic E-state index is 0. The normalized spacial score (nSPS) is 23.3. The summed E-state index contributed by atoms with van der Waals surface area (Å²) in [7, 11) is 0. The second kappa shape index (κ2) is 6.89. The summed E-state index contributed by atoms with van der Waals surface area (Å²) < 4.78 is 5.32. The number of aromatic nitrogens is 1. The molecule has 2 fully saturated rings. The molecule has 0 spiro atoms. The summed E-state index contributed by atoms with van der Waals surface area (Å²) in [6.07, 6.45) is 0. The second-order valence-electron chi connectivity index (χ2n) is 6.43. The number of rotatable bonds is 4. The number of amides is 1. The van der Waals surface area contributed by atoms with Crippen molar-refractivity contribution in [2.75, 3.05) is 18.0 Å². The Morgan fingerprint density at radius 3 is 2.46 bits per heavy atom. The number of carbonyl (C=O) groups excluding carboxylic acids is 1. The zero-order chi connectivity index (χ0) is 17.9. The fraction of sp³-hybridized carbons (Fsp3) is 0.375. The number of nitrogens with zero attached hydrogens (tertiary/aromatic N) is 1. The summed E-state index contributed by atoms with van der Waals surface area (Å²) in [6.45, 7) is 3.17. The molecule has 3 atom stereocenters. The van der Waals surface area contributed by atoms with Gasteiger partial charge in [0.1, 0.15) is 5.69 Å². The zero-order valence-corrected chi connectivity index (χ0v) is 15.7. The Balaban J connectivity index is 0.00000131. The summed E-state index contributed by atoms with van der Waals surface area (Å²) in [5, 5.41) is 12.5. The SMILES string of the molecule is Cc1[nH]c(C(=O)NC2[C@H]3CN(c4ccc(C(=O)O)o4)C[C@@H]23)c(Cl)c1Cl.[H-].[Li+]. The van der Waals surface area contributed by atoms with Crippen LogP contribution in [0.15, 0.2) is 16.5 Å². The number of piperidine rings is 1. The smallest absolute Gasteiger partial charge is 1.00 e. The van der Waals surface area contributed by atoms with Crippen LogP contribution in [0.1, 0.15) is 28.2 Å². The Labute approximate surface area is 172 Å². The molecule has 1 aliphatic carbocycles. The number of hydrogen-bond acceptors (Lipinski definition) is 4. The van der Waals surface area contributed by atoms with E-state index in [1.165, 1.54) is 6.07 Å². The average Bonchev–Trinajstić information content (AvgIpc) is 3.02. The van der Waals surface area contributed by atoms with Crippen LogP contribution in [-0.2, 0) is 0 Å². The molecule has 26 heavy (non-hydrogen) atoms. The molecule has 2 aliphatic rings. The van der Waals surface area contributed by atoms with Crippen molar-refractivity contribution in [2.45, 2.75) is 13.0 Å². The molecular weight excluding hydrogens is 376 g/mol. The van der Waals surface area contributed by atoms with Gasteiger partial charge >= 0.3 is 24.8 Å². The van der Waals surface area contributed by atoms with Crippen molar-refractivity contribution < 1.29 is 39.4 Å². The standard InChI is InChI=1S/C16H15Cl2N3O4.Li.H/c1-6-11(17)12(18)14(19-6)15(22)20-13-7-4-21(5-8(7)13)10-3-2-9(25-10)16(23)24;;/h2-3,7-8,13,19H,4-5H2,1H3,(H,20,22)(H,23,24);;/q;+1;-1/t7-,8+,13?;;. The Morgan fingerprint density at radius 2 is 1.96 bits per heavy atom. The number of aromatic amines is 1. The number of anilines is 1. The van der Waals surface area contributed by atoms with Crippen LogP contribution in [0.5, 0.6) is 0 Å². The zero-order valence-electron chi connectivity index (χ0n) is 15.2. The maximum Gasteiger partial charge on any atom is 1.00 e. The molecule has 0 radical (unpaired) electrons. The van der Waals surface area contributed by atoms with E-state index in [-0.39, 0.29) is 48.7 Å². The van der Waals surface area contributed by atoms with E-state index in [2.05, 4.69) is 10.3 Å². The van der Waals surface area contributed by atoms with E-state index in [1.54, 1.807) is 13.0 Å². The minimum Gasteiger partial charge on any atom is -1.00 e. The molecule has 1 saturated carbocycles. The van der Waals surface area contributed by atoms with Gasteiger partial charge < -0.3 is 26.2 Å². The number of furan rings is 1. The van der Waals surface area contributed by atoms with Crippen molar-refractivity contribution in [3.8, 4) is 0 Å². The van der Waals surface area contributed by atoms with Crippen LogP contribution in [0, 0.1) is 18.8 Å². The van der Waals surface area contributed by atoms with Crippen LogP contribution in [0.25, 0.3) is 0 Å². The fourth-order valence-corrected chi connectivity index (χ4v) is 3.90. The molecule has 1 aliphatic heterocycles. The van der Waals surface area contributed by atoms with Gasteiger partial charge in [-0.15, -0.1) is 0 Å². The molecule has 2 aromatic heterocycles. The number of nitrogens with one attached hydrogen (secondary N) is 2. The van der Waals surface area contributed by atoms with Gasteiger partial charge in [-0.1, -0.05) is 23.2 Å². The van der Waals surface area contributed by atoms with Crippen LogP contribution in [0.2, 0.25) is 10.0 Å². The molecular formula is C16H16Cl2LiN3O4. The van der Waals surface area contributed by atoms with Gasteiger partial charge in [0.2, 0.25) is 5.76 Å². The molecule has 134 valence electrons. The van der Waals surface area contributed by atoms with Crippen molar-refractivity contribution in [2.24, 2.45) is 11.8 Å². The Bertz CT molecular complexity index is 875. The third-order valence-corrected chi connectivity index (χ3v) is 5.83. The molecule has 1 saturated heterocycles. The van der Waals surface area contributed by atoms with Crippen molar-refractivity contribution in [3.05, 3.63) is 39.3 Å². The molecule has 10 heteroatoms. The third kappa shape index (κ3) is 3.14. The quantitative estimate of drug-likeness (QED) is 0.632. The van der Waals surface area contributed by atoms with Gasteiger partial charge in [-0.25, -0.2) is 4.79 Å². The first-order valence-electron chi connectivity index (χ1n) is 7.79. The Hall–Kier alpha value is -1.52. The number of halogens is 2. The van der Waals surface area contributed by atoms with Crippen molar-refractivity contribution in [1.29, 1.82) is 0 Å². The number of hydrogen-bond donors (Lipinski definition) is 3. The van der Waals surface area contributed by atoms with Crippen LogP contribution >= 0.6 is 23.2 Å². The van der Waals surface area contributed by atoms with Crippen LogP contribution in [-0.4, -0.2) is 41.1 Å². The summed E-state index contributed by atoms with van der Waals surface area (Å²) in [6, 6.07) is 3.18. The minimum atomic E-state index is -1.09. The van der Waals surface area contributed by atoms with E-state index in [9.17, 15) is 9.59 Å². The number of H-pyrrole nitrogens is 1. The van der Waals surface area contributed by atoms with Crippen molar-refractivity contribution in [1.82, 2.24) is 10.3 Å². The number of aryl methyl sites for hydroxylation is 1. The van der Waals surface area contributed by atoms with E-state index in [0.717, 1.165) is 0 Å². The van der Waals surface area contributed by atoms with Gasteiger partial charge in [0.25, 0.3) is 5.91 Å². The van der Waals surface area contributed by atoms with Gasteiger partial charge in [-0.2, -0.15) is 0 Å². The van der Waals surface area contributed by atoms with Gasteiger partial charge in [-0.05, 0) is 13.0 Å². The largest absolute Gasteiger partial charge is 1.00 e. The maximum atomic E-state index is 12.4. The maximum absolute atomic E-state index is 12.4. The Morgan fingerprint density at radius 1 is 1.31 bits per heavy atom. The number of carboxylic acids is 1. The summed E-state index contributed by atoms with van der Waals surface area (Å²) >= 11 is 12.1. The van der Waals surface area contributed by atoms with Gasteiger partial charge in [0, 0.05) is 42.7 Å². The first kappa shape index (κ1) is 19.2. The van der Waals surface area contributed by atoms with Crippen molar-refractivity contribution >= 4 is 41.0 Å². The number of carbonyl (C=O) groups is 2. The molecule has 4 rings (SSSR count). The molecule has 1 unspecified atom stereocenters.